The van der Waals surface area contributed by atoms with E-state index in [0.717, 1.165) is 0 Å². The van der Waals surface area contributed by atoms with Crippen LogP contribution in [0.25, 0.3) is 0 Å². The topological polar surface area (TPSA) is 44.7 Å². The molecule has 5 heteroatoms. The molecule has 1 aliphatic heterocycles. The Morgan fingerprint density at radius 3 is 2.14 bits per heavy atom. The summed E-state index contributed by atoms with van der Waals surface area (Å²) in [6.45, 7) is 19.5. The fourth-order valence-corrected chi connectivity index (χ4v) is 1.96. The second kappa shape index (κ2) is 6.57. The van der Waals surface area contributed by atoms with Gasteiger partial charge in [0, 0.05) is 12.3 Å². The summed E-state index contributed by atoms with van der Waals surface area (Å²) in [6, 6.07) is 0.419. The molecule has 0 aromatic carbocycles. The van der Waals surface area contributed by atoms with E-state index in [1.807, 2.05) is 13.1 Å². The maximum Gasteiger partial charge on any atom is 0.426 e. The molecule has 5 nitrogen and oxygen atoms in total. The number of rotatable bonds is 4. The van der Waals surface area contributed by atoms with Crippen molar-refractivity contribution in [2.75, 3.05) is 6.61 Å². The number of nitrogens with zero attached hydrogens (tertiary/aromatic N) is 3. The lowest BCUT2D eigenvalue weighted by atomic mass is 9.88. The Balaban J connectivity index is 2.86. The molecule has 1 aliphatic rings. The molecule has 0 N–H and O–H groups in total. The van der Waals surface area contributed by atoms with Crippen LogP contribution in [0.3, 0.4) is 0 Å². The maximum absolute atomic E-state index is 12.1. The van der Waals surface area contributed by atoms with Crippen LogP contribution in [0.5, 0.6) is 0 Å². The van der Waals surface area contributed by atoms with Crippen LogP contribution in [0.15, 0.2) is 4.99 Å². The highest BCUT2D eigenvalue weighted by Gasteiger charge is 2.54. The molecule has 4 atom stereocenters. The summed E-state index contributed by atoms with van der Waals surface area (Å²) in [6.07, 6.45) is 1.49. The highest BCUT2D eigenvalue weighted by molar-refractivity contribution is 5.79. The van der Waals surface area contributed by atoms with Crippen molar-refractivity contribution in [1.82, 2.24) is 10.0 Å². The normalized spacial score (nSPS) is 25.2. The van der Waals surface area contributed by atoms with Crippen LogP contribution in [0, 0.1) is 10.8 Å². The molecule has 0 saturated carbocycles. The van der Waals surface area contributed by atoms with Crippen molar-refractivity contribution in [2.24, 2.45) is 15.8 Å². The summed E-state index contributed by atoms with van der Waals surface area (Å²) in [4.78, 5) is 16.7. The quantitative estimate of drug-likeness (QED) is 0.583. The summed E-state index contributed by atoms with van der Waals surface area (Å²) in [7, 11) is 0. The molecular weight excluding hydrogens is 278 g/mol. The Bertz CT molecular complexity index is 421. The molecule has 1 fully saturated rings. The van der Waals surface area contributed by atoms with E-state index in [0.29, 0.717) is 6.61 Å². The first-order valence-electron chi connectivity index (χ1n) is 8.18. The summed E-state index contributed by atoms with van der Waals surface area (Å²) in [5.74, 6) is 0. The van der Waals surface area contributed by atoms with Crippen LogP contribution >= 0.6 is 0 Å². The summed E-state index contributed by atoms with van der Waals surface area (Å²) in [5.41, 5.74) is 0.184. The lowest BCUT2D eigenvalue weighted by Gasteiger charge is -2.28. The number of amides is 1. The minimum absolute atomic E-state index is 0.0724. The lowest BCUT2D eigenvalue weighted by molar-refractivity contribution is 0.0955. The predicted molar refractivity (Wildman–Crippen MR) is 90.8 cm³/mol. The standard InChI is InChI=1S/C17H33N3O2/c1-10-22-15(21)20-14(11-18-12(2)16(4,5)6)19(20)13(3)17(7,8)9/h11-14H,10H2,1-9H3/t12-,13-,14?,19?,20?/m0/s1. The Kier molecular flexibility index (Phi) is 5.66. The van der Waals surface area contributed by atoms with Gasteiger partial charge in [0.25, 0.3) is 0 Å². The third kappa shape index (κ3) is 4.45. The summed E-state index contributed by atoms with van der Waals surface area (Å²) >= 11 is 0. The highest BCUT2D eigenvalue weighted by Crippen LogP contribution is 2.37. The molecule has 128 valence electrons. The summed E-state index contributed by atoms with van der Waals surface area (Å²) in [5, 5.41) is 3.72. The molecule has 0 aromatic rings. The van der Waals surface area contributed by atoms with Crippen LogP contribution in [-0.4, -0.2) is 47.2 Å². The molecule has 0 aliphatic carbocycles. The number of carbonyl (C=O) groups is 1. The van der Waals surface area contributed by atoms with Crippen molar-refractivity contribution < 1.29 is 9.53 Å². The second-order valence-corrected chi connectivity index (χ2v) is 8.22. The third-order valence-electron chi connectivity index (χ3n) is 4.52. The number of carbonyl (C=O) groups excluding carboxylic acids is 1. The molecule has 2 unspecified atom stereocenters. The molecule has 0 spiro atoms. The van der Waals surface area contributed by atoms with Gasteiger partial charge in [0.1, 0.15) is 0 Å². The number of hydrogen-bond acceptors (Lipinski definition) is 4. The van der Waals surface area contributed by atoms with Gasteiger partial charge in [-0.2, -0.15) is 5.01 Å². The smallest absolute Gasteiger partial charge is 0.426 e. The number of hydrogen-bond donors (Lipinski definition) is 0. The van der Waals surface area contributed by atoms with Crippen LogP contribution in [0.4, 0.5) is 4.79 Å². The third-order valence-corrected chi connectivity index (χ3v) is 4.52. The molecule has 0 bridgehead atoms. The first kappa shape index (κ1) is 18.9. The van der Waals surface area contributed by atoms with Gasteiger partial charge in [0.05, 0.1) is 12.6 Å². The monoisotopic (exact) mass is 311 g/mol. The molecule has 22 heavy (non-hydrogen) atoms. The fraction of sp³-hybridized carbons (Fsp3) is 0.882. The summed E-state index contributed by atoms with van der Waals surface area (Å²) < 4.78 is 5.15. The molecule has 0 aromatic heterocycles. The zero-order valence-corrected chi connectivity index (χ0v) is 15.7. The lowest BCUT2D eigenvalue weighted by Crippen LogP contribution is -2.34. The van der Waals surface area contributed by atoms with E-state index in [4.69, 9.17) is 4.74 Å². The maximum atomic E-state index is 12.1. The van der Waals surface area contributed by atoms with Gasteiger partial charge in [-0.1, -0.05) is 41.5 Å². The van der Waals surface area contributed by atoms with Gasteiger partial charge in [-0.15, -0.1) is 0 Å². The number of aliphatic imine (C=N–C) groups is 1. The van der Waals surface area contributed by atoms with Gasteiger partial charge in [0.15, 0.2) is 6.17 Å². The minimum atomic E-state index is -0.293. The average molecular weight is 311 g/mol. The van der Waals surface area contributed by atoms with Crippen LogP contribution in [0.2, 0.25) is 0 Å². The van der Waals surface area contributed by atoms with Crippen molar-refractivity contribution in [1.29, 1.82) is 0 Å². The number of hydrazine groups is 1. The Morgan fingerprint density at radius 1 is 1.18 bits per heavy atom. The molecule has 0 radical (unpaired) electrons. The van der Waals surface area contributed by atoms with E-state index in [1.165, 1.54) is 0 Å². The van der Waals surface area contributed by atoms with E-state index in [9.17, 15) is 4.79 Å². The van der Waals surface area contributed by atoms with E-state index < -0.39 is 0 Å². The minimum Gasteiger partial charge on any atom is -0.449 e. The molecule has 1 saturated heterocycles. The van der Waals surface area contributed by atoms with E-state index in [-0.39, 0.29) is 35.2 Å². The molecular formula is C17H33N3O2. The Morgan fingerprint density at radius 2 is 1.73 bits per heavy atom. The molecule has 1 heterocycles. The van der Waals surface area contributed by atoms with Gasteiger partial charge >= 0.3 is 6.09 Å². The average Bonchev–Trinajstić information content (AvgIpc) is 3.06. The predicted octanol–water partition coefficient (Wildman–Crippen LogP) is 3.94. The van der Waals surface area contributed by atoms with Crippen molar-refractivity contribution in [3.63, 3.8) is 0 Å². The first-order chi connectivity index (χ1) is 9.91. The Hall–Kier alpha value is -1.10. The first-order valence-corrected chi connectivity index (χ1v) is 8.18. The van der Waals surface area contributed by atoms with Crippen molar-refractivity contribution in [3.8, 4) is 0 Å². The zero-order chi connectivity index (χ0) is 17.3. The van der Waals surface area contributed by atoms with E-state index >= 15 is 0 Å². The molecule has 1 amide bonds. The zero-order valence-electron chi connectivity index (χ0n) is 15.7. The van der Waals surface area contributed by atoms with Crippen molar-refractivity contribution >= 4 is 12.3 Å². The largest absolute Gasteiger partial charge is 0.449 e. The van der Waals surface area contributed by atoms with E-state index in [1.54, 1.807) is 5.01 Å². The van der Waals surface area contributed by atoms with Crippen LogP contribution in [0.1, 0.15) is 62.3 Å². The van der Waals surface area contributed by atoms with Gasteiger partial charge in [0.2, 0.25) is 0 Å². The van der Waals surface area contributed by atoms with Crippen LogP contribution in [-0.2, 0) is 4.74 Å². The van der Waals surface area contributed by atoms with Gasteiger partial charge < -0.3 is 4.74 Å². The van der Waals surface area contributed by atoms with Gasteiger partial charge in [-0.3, -0.25) is 4.99 Å². The van der Waals surface area contributed by atoms with Crippen molar-refractivity contribution in [3.05, 3.63) is 0 Å². The SMILES string of the molecule is CCOC(=O)N1C(C=N[C@@H](C)C(C)(C)C)N1[C@@H](C)C(C)(C)C. The van der Waals surface area contributed by atoms with E-state index in [2.05, 4.69) is 65.4 Å². The molecule has 1 rings (SSSR count). The highest BCUT2D eigenvalue weighted by atomic mass is 16.6. The van der Waals surface area contributed by atoms with Crippen LogP contribution < -0.4 is 0 Å². The van der Waals surface area contributed by atoms with Gasteiger partial charge in [-0.05, 0) is 31.6 Å². The number of ether oxygens (including phenoxy) is 1. The van der Waals surface area contributed by atoms with Crippen molar-refractivity contribution in [2.45, 2.75) is 80.6 Å². The Labute approximate surface area is 135 Å². The fourth-order valence-electron chi connectivity index (χ4n) is 1.96. The van der Waals surface area contributed by atoms with Gasteiger partial charge in [-0.25, -0.2) is 9.80 Å². The second-order valence-electron chi connectivity index (χ2n) is 8.22.